The molecule has 0 spiro atoms. The molecule has 3 atom stereocenters. The molecule has 5 aromatic rings. The van der Waals surface area contributed by atoms with Crippen LogP contribution in [-0.4, -0.2) is 55.7 Å². The molecule has 1 aliphatic rings. The summed E-state index contributed by atoms with van der Waals surface area (Å²) >= 11 is 10.8. The van der Waals surface area contributed by atoms with Gasteiger partial charge in [0.25, 0.3) is 0 Å². The molecular formula is C32H30ClF2N4OSSeSi. The Balaban J connectivity index is 1.44. The zero-order valence-electron chi connectivity index (χ0n) is 23.9. The van der Waals surface area contributed by atoms with Crippen LogP contribution in [-0.2, 0) is 13.9 Å². The van der Waals surface area contributed by atoms with Crippen LogP contribution in [0.2, 0.25) is 10.2 Å². The second-order valence-corrected chi connectivity index (χ2v) is 19.7. The SMILES string of the molecule is CC(C)(C)[Si](OC[C@@H]1C[C@@](F)(c2ccccc2)[C@@]([Se])(n2cnc3c(Cl)nc(F)nc32)S1)(c1ccccc1)c1ccccc1. The fourth-order valence-electron chi connectivity index (χ4n) is 6.18. The van der Waals surface area contributed by atoms with Gasteiger partial charge in [-0.15, -0.1) is 0 Å². The molecule has 2 aromatic heterocycles. The molecule has 0 amide bonds. The van der Waals surface area contributed by atoms with Crippen molar-refractivity contribution in [2.75, 3.05) is 6.61 Å². The number of thioether (sulfide) groups is 1. The molecule has 1 radical (unpaired) electrons. The molecule has 1 aliphatic heterocycles. The van der Waals surface area contributed by atoms with E-state index in [1.54, 1.807) is 16.7 Å². The van der Waals surface area contributed by atoms with E-state index in [-0.39, 0.29) is 33.0 Å². The first-order valence-corrected chi connectivity index (χ1v) is 18.0. The van der Waals surface area contributed by atoms with Crippen molar-refractivity contribution in [3.05, 3.63) is 114 Å². The Hall–Kier alpha value is -2.59. The van der Waals surface area contributed by atoms with Crippen molar-refractivity contribution in [3.8, 4) is 0 Å². The predicted molar refractivity (Wildman–Crippen MR) is 173 cm³/mol. The summed E-state index contributed by atoms with van der Waals surface area (Å²) in [5.41, 5.74) is -1.09. The molecule has 43 heavy (non-hydrogen) atoms. The van der Waals surface area contributed by atoms with E-state index in [4.69, 9.17) is 16.0 Å². The van der Waals surface area contributed by atoms with E-state index in [0.29, 0.717) is 12.2 Å². The van der Waals surface area contributed by atoms with E-state index in [9.17, 15) is 4.39 Å². The van der Waals surface area contributed by atoms with Crippen molar-refractivity contribution >= 4 is 69.2 Å². The summed E-state index contributed by atoms with van der Waals surface area (Å²) in [7, 11) is -2.87. The molecule has 1 saturated heterocycles. The molecule has 5 nitrogen and oxygen atoms in total. The summed E-state index contributed by atoms with van der Waals surface area (Å²) in [6, 6.07) is 29.8. The van der Waals surface area contributed by atoms with Crippen molar-refractivity contribution in [1.29, 1.82) is 0 Å². The van der Waals surface area contributed by atoms with Crippen LogP contribution < -0.4 is 10.4 Å². The van der Waals surface area contributed by atoms with Crippen molar-refractivity contribution in [2.24, 2.45) is 0 Å². The maximum absolute atomic E-state index is 17.8. The first-order valence-electron chi connectivity index (χ1n) is 13.9. The average molecular weight is 699 g/mol. The molecule has 0 bridgehead atoms. The molecular weight excluding hydrogens is 669 g/mol. The van der Waals surface area contributed by atoms with Crippen LogP contribution in [0.5, 0.6) is 0 Å². The molecule has 0 aliphatic carbocycles. The van der Waals surface area contributed by atoms with Crippen molar-refractivity contribution in [1.82, 2.24) is 19.5 Å². The van der Waals surface area contributed by atoms with Gasteiger partial charge in [-0.25, -0.2) is 0 Å². The zero-order valence-corrected chi connectivity index (χ0v) is 28.2. The van der Waals surface area contributed by atoms with Gasteiger partial charge in [-0.2, -0.15) is 0 Å². The van der Waals surface area contributed by atoms with Crippen molar-refractivity contribution < 1.29 is 13.2 Å². The number of halogens is 3. The number of aromatic nitrogens is 4. The summed E-state index contributed by atoms with van der Waals surface area (Å²) in [4.78, 5) is 11.9. The second kappa shape index (κ2) is 11.4. The van der Waals surface area contributed by atoms with Crippen LogP contribution in [0.1, 0.15) is 32.8 Å². The monoisotopic (exact) mass is 699 g/mol. The minimum atomic E-state index is -2.87. The minimum absolute atomic E-state index is 0.121. The number of fused-ring (bicyclic) bond motifs is 1. The van der Waals surface area contributed by atoms with Gasteiger partial charge in [0.05, 0.1) is 0 Å². The Kier molecular flexibility index (Phi) is 8.07. The van der Waals surface area contributed by atoms with Gasteiger partial charge in [0.1, 0.15) is 0 Å². The summed E-state index contributed by atoms with van der Waals surface area (Å²) in [5.74, 6) is 0. The Morgan fingerprint density at radius 2 is 1.53 bits per heavy atom. The Bertz CT molecular complexity index is 1710. The van der Waals surface area contributed by atoms with Crippen molar-refractivity contribution in [3.63, 3.8) is 0 Å². The molecule has 0 N–H and O–H groups in total. The molecule has 3 aromatic carbocycles. The molecule has 0 unspecified atom stereocenters. The van der Waals surface area contributed by atoms with E-state index >= 15 is 4.39 Å². The van der Waals surface area contributed by atoms with Gasteiger partial charge in [0, 0.05) is 0 Å². The third kappa shape index (κ3) is 5.06. The van der Waals surface area contributed by atoms with E-state index in [1.165, 1.54) is 18.1 Å². The number of hydrogen-bond acceptors (Lipinski definition) is 5. The number of hydrogen-bond donors (Lipinski definition) is 0. The summed E-state index contributed by atoms with van der Waals surface area (Å²) in [6.45, 7) is 6.96. The molecule has 0 saturated carbocycles. The Morgan fingerprint density at radius 1 is 0.977 bits per heavy atom. The molecule has 3 heterocycles. The molecule has 11 heteroatoms. The fourth-order valence-corrected chi connectivity index (χ4v) is 14.2. The fraction of sp³-hybridized carbons (Fsp3) is 0.281. The van der Waals surface area contributed by atoms with E-state index in [1.807, 2.05) is 54.6 Å². The second-order valence-electron chi connectivity index (χ2n) is 11.7. The number of imidazole rings is 1. The summed E-state index contributed by atoms with van der Waals surface area (Å²) in [6.07, 6.45) is 0.603. The molecule has 221 valence electrons. The number of nitrogens with zero attached hydrogens (tertiary/aromatic N) is 4. The van der Waals surface area contributed by atoms with Crippen LogP contribution in [0.3, 0.4) is 0 Å². The number of benzene rings is 3. The van der Waals surface area contributed by atoms with Gasteiger partial charge >= 0.3 is 270 Å². The topological polar surface area (TPSA) is 52.8 Å². The van der Waals surface area contributed by atoms with E-state index in [0.717, 1.165) is 10.4 Å². The van der Waals surface area contributed by atoms with E-state index in [2.05, 4.69) is 76.0 Å². The van der Waals surface area contributed by atoms with Gasteiger partial charge < -0.3 is 0 Å². The first-order chi connectivity index (χ1) is 20.5. The molecule has 1 fully saturated rings. The summed E-state index contributed by atoms with van der Waals surface area (Å²) < 4.78 is 39.6. The van der Waals surface area contributed by atoms with Gasteiger partial charge in [0.15, 0.2) is 0 Å². The first kappa shape index (κ1) is 30.4. The Labute approximate surface area is 268 Å². The van der Waals surface area contributed by atoms with Crippen LogP contribution in [0, 0.1) is 6.08 Å². The maximum atomic E-state index is 17.8. The van der Waals surface area contributed by atoms with Crippen molar-refractivity contribution in [2.45, 2.75) is 46.9 Å². The predicted octanol–water partition coefficient (Wildman–Crippen LogP) is 6.34. The quantitative estimate of drug-likeness (QED) is 0.113. The van der Waals surface area contributed by atoms with Crippen LogP contribution in [0.4, 0.5) is 8.78 Å². The zero-order chi connectivity index (χ0) is 30.5. The Morgan fingerprint density at radius 3 is 2.09 bits per heavy atom. The van der Waals surface area contributed by atoms with Gasteiger partial charge in [0.2, 0.25) is 0 Å². The standard InChI is InChI=1S/C32H30ClF2N4OSSeSi/c1-30(2,3)43(24-15-9-5-10-16-24,25-17-11-6-12-18-25)40-20-23-19-31(35,22-13-7-4-8-14-22)32(42,41-23)39-21-36-26-27(33)37-29(34)38-28(26)39/h4-18,21,23H,19-20H2,1-3H3/t23-,31+,32+/m0/s1. The van der Waals surface area contributed by atoms with Crippen LogP contribution >= 0.6 is 23.4 Å². The normalized spacial score (nSPS) is 22.7. The van der Waals surface area contributed by atoms with Crippen LogP contribution in [0.25, 0.3) is 11.2 Å². The average Bonchev–Trinajstić information content (AvgIpc) is 3.54. The third-order valence-corrected chi connectivity index (χ3v) is 16.6. The number of rotatable bonds is 7. The van der Waals surface area contributed by atoms with Crippen LogP contribution in [0.15, 0.2) is 97.3 Å². The van der Waals surface area contributed by atoms with Gasteiger partial charge in [-0.05, 0) is 0 Å². The van der Waals surface area contributed by atoms with Gasteiger partial charge in [-0.3, -0.25) is 0 Å². The van der Waals surface area contributed by atoms with Gasteiger partial charge in [-0.1, -0.05) is 0 Å². The molecule has 6 rings (SSSR count). The number of alkyl halides is 1. The van der Waals surface area contributed by atoms with E-state index < -0.39 is 23.8 Å². The summed E-state index contributed by atoms with van der Waals surface area (Å²) in [5, 5.41) is 1.69. The third-order valence-electron chi connectivity index (χ3n) is 8.11.